The van der Waals surface area contributed by atoms with E-state index in [1.807, 2.05) is 37.3 Å². The van der Waals surface area contributed by atoms with Crippen molar-refractivity contribution in [3.8, 4) is 0 Å². The molecule has 0 saturated carbocycles. The zero-order valence-corrected chi connectivity index (χ0v) is 17.1. The summed E-state index contributed by atoms with van der Waals surface area (Å²) in [4.78, 5) is 26.5. The van der Waals surface area contributed by atoms with Crippen molar-refractivity contribution in [2.75, 3.05) is 30.4 Å². The molecule has 1 unspecified atom stereocenters. The Balaban J connectivity index is 2.24. The lowest BCUT2D eigenvalue weighted by molar-refractivity contribution is -0.115. The number of aliphatic hydroxyl groups excluding tert-OH is 1. The summed E-state index contributed by atoms with van der Waals surface area (Å²) < 4.78 is 4.74. The van der Waals surface area contributed by atoms with Crippen molar-refractivity contribution in [3.05, 3.63) is 58.1 Å². The molecule has 0 bridgehead atoms. The van der Waals surface area contributed by atoms with Crippen LogP contribution < -0.4 is 10.2 Å². The first-order chi connectivity index (χ1) is 13.3. The molecule has 2 rings (SSSR count). The van der Waals surface area contributed by atoms with E-state index in [0.29, 0.717) is 6.42 Å². The van der Waals surface area contributed by atoms with Crippen molar-refractivity contribution in [3.63, 3.8) is 0 Å². The van der Waals surface area contributed by atoms with Crippen molar-refractivity contribution in [1.29, 1.82) is 0 Å². The standard InChI is InChI=1S/C20H22Cl2N2O4/c1-3-15(25)11-24(14-7-5-4-6-8-14)12-18(26)23-19-16(20(27)28-2)9-13(21)10-17(19)22/h4-10,15,25H,3,11-12H2,1-2H3,(H,23,26). The fraction of sp³-hybridized carbons (Fsp3) is 0.300. The molecule has 6 nitrogen and oxygen atoms in total. The SMILES string of the molecule is CCC(O)CN(CC(=O)Nc1c(Cl)cc(Cl)cc1C(=O)OC)c1ccccc1. The summed E-state index contributed by atoms with van der Waals surface area (Å²) in [6, 6.07) is 12.1. The summed E-state index contributed by atoms with van der Waals surface area (Å²) in [7, 11) is 1.23. The van der Waals surface area contributed by atoms with E-state index in [4.69, 9.17) is 27.9 Å². The van der Waals surface area contributed by atoms with E-state index < -0.39 is 18.0 Å². The van der Waals surface area contributed by atoms with Crippen LogP contribution in [0.25, 0.3) is 0 Å². The fourth-order valence-electron chi connectivity index (χ4n) is 2.61. The van der Waals surface area contributed by atoms with Crippen LogP contribution in [0.3, 0.4) is 0 Å². The number of nitrogens with one attached hydrogen (secondary N) is 1. The first-order valence-corrected chi connectivity index (χ1v) is 9.46. The quantitative estimate of drug-likeness (QED) is 0.626. The number of hydrogen-bond donors (Lipinski definition) is 2. The van der Waals surface area contributed by atoms with Crippen molar-refractivity contribution < 1.29 is 19.4 Å². The highest BCUT2D eigenvalue weighted by molar-refractivity contribution is 6.37. The first-order valence-electron chi connectivity index (χ1n) is 8.71. The lowest BCUT2D eigenvalue weighted by atomic mass is 10.1. The Morgan fingerprint density at radius 3 is 2.50 bits per heavy atom. The van der Waals surface area contributed by atoms with Crippen LogP contribution in [0.1, 0.15) is 23.7 Å². The van der Waals surface area contributed by atoms with E-state index in [0.717, 1.165) is 5.69 Å². The van der Waals surface area contributed by atoms with Gasteiger partial charge in [0, 0.05) is 17.3 Å². The molecule has 0 heterocycles. The summed E-state index contributed by atoms with van der Waals surface area (Å²) in [5.41, 5.74) is 0.987. The van der Waals surface area contributed by atoms with Crippen molar-refractivity contribution in [2.45, 2.75) is 19.4 Å². The zero-order valence-electron chi connectivity index (χ0n) is 15.6. The minimum Gasteiger partial charge on any atom is -0.465 e. The molecule has 0 saturated heterocycles. The number of para-hydroxylation sites is 1. The highest BCUT2D eigenvalue weighted by atomic mass is 35.5. The molecule has 0 aliphatic heterocycles. The first kappa shape index (κ1) is 22.0. The number of esters is 1. The van der Waals surface area contributed by atoms with Crippen molar-refractivity contribution in [1.82, 2.24) is 0 Å². The molecular weight excluding hydrogens is 403 g/mol. The number of amides is 1. The minimum absolute atomic E-state index is 0.0410. The van der Waals surface area contributed by atoms with Crippen LogP contribution >= 0.6 is 23.2 Å². The van der Waals surface area contributed by atoms with Gasteiger partial charge in [-0.3, -0.25) is 4.79 Å². The Morgan fingerprint density at radius 1 is 1.21 bits per heavy atom. The maximum atomic E-state index is 12.7. The molecule has 2 N–H and O–H groups in total. The number of anilines is 2. The second-order valence-corrected chi connectivity index (χ2v) is 6.97. The van der Waals surface area contributed by atoms with Crippen LogP contribution in [-0.2, 0) is 9.53 Å². The van der Waals surface area contributed by atoms with Crippen molar-refractivity contribution in [2.24, 2.45) is 0 Å². The predicted molar refractivity (Wildman–Crippen MR) is 111 cm³/mol. The molecule has 8 heteroatoms. The van der Waals surface area contributed by atoms with Gasteiger partial charge in [-0.25, -0.2) is 4.79 Å². The number of methoxy groups -OCH3 is 1. The van der Waals surface area contributed by atoms with Gasteiger partial charge in [0.15, 0.2) is 0 Å². The summed E-state index contributed by atoms with van der Waals surface area (Å²) >= 11 is 12.1. The van der Waals surface area contributed by atoms with Gasteiger partial charge in [-0.15, -0.1) is 0 Å². The number of halogens is 2. The van der Waals surface area contributed by atoms with Gasteiger partial charge < -0.3 is 20.1 Å². The number of carbonyl (C=O) groups is 2. The van der Waals surface area contributed by atoms with Gasteiger partial charge in [0.2, 0.25) is 5.91 Å². The van der Waals surface area contributed by atoms with E-state index >= 15 is 0 Å². The van der Waals surface area contributed by atoms with Crippen molar-refractivity contribution >= 4 is 46.5 Å². The molecule has 0 spiro atoms. The number of ether oxygens (including phenoxy) is 1. The summed E-state index contributed by atoms with van der Waals surface area (Å²) in [6.45, 7) is 2.11. The van der Waals surface area contributed by atoms with E-state index in [2.05, 4.69) is 5.32 Å². The highest BCUT2D eigenvalue weighted by Crippen LogP contribution is 2.31. The smallest absolute Gasteiger partial charge is 0.340 e. The molecule has 0 fully saturated rings. The molecule has 0 aliphatic rings. The third-order valence-corrected chi connectivity index (χ3v) is 4.60. The highest BCUT2D eigenvalue weighted by Gasteiger charge is 2.21. The molecule has 2 aromatic rings. The molecule has 0 radical (unpaired) electrons. The summed E-state index contributed by atoms with van der Waals surface area (Å²) in [5.74, 6) is -1.07. The van der Waals surface area contributed by atoms with E-state index in [1.165, 1.54) is 19.2 Å². The van der Waals surface area contributed by atoms with Gasteiger partial charge in [-0.05, 0) is 30.7 Å². The Hall–Kier alpha value is -2.28. The monoisotopic (exact) mass is 424 g/mol. The molecular formula is C20H22Cl2N2O4. The van der Waals surface area contributed by atoms with E-state index in [1.54, 1.807) is 4.90 Å². The van der Waals surface area contributed by atoms with Crippen LogP contribution in [0.4, 0.5) is 11.4 Å². The van der Waals surface area contributed by atoms with E-state index in [-0.39, 0.29) is 34.4 Å². The van der Waals surface area contributed by atoms with E-state index in [9.17, 15) is 14.7 Å². The molecule has 28 heavy (non-hydrogen) atoms. The van der Waals surface area contributed by atoms with Crippen LogP contribution in [0.15, 0.2) is 42.5 Å². The Bertz CT molecular complexity index is 830. The Labute approximate surface area is 174 Å². The second kappa shape index (κ2) is 10.3. The number of hydrogen-bond acceptors (Lipinski definition) is 5. The molecule has 1 atom stereocenters. The summed E-state index contributed by atoms with van der Waals surface area (Å²) in [6.07, 6.45) is -0.0294. The molecule has 0 aromatic heterocycles. The Kier molecular flexibility index (Phi) is 8.11. The van der Waals surface area contributed by atoms with Gasteiger partial charge >= 0.3 is 5.97 Å². The predicted octanol–water partition coefficient (Wildman–Crippen LogP) is 4.00. The van der Waals surface area contributed by atoms with Crippen LogP contribution in [-0.4, -0.2) is 43.3 Å². The van der Waals surface area contributed by atoms with Gasteiger partial charge in [0.25, 0.3) is 0 Å². The van der Waals surface area contributed by atoms with Gasteiger partial charge in [-0.1, -0.05) is 48.3 Å². The zero-order chi connectivity index (χ0) is 20.7. The van der Waals surface area contributed by atoms with Gasteiger partial charge in [-0.2, -0.15) is 0 Å². The lowest BCUT2D eigenvalue weighted by Crippen LogP contribution is -2.38. The molecule has 150 valence electrons. The largest absolute Gasteiger partial charge is 0.465 e. The number of nitrogens with zero attached hydrogens (tertiary/aromatic N) is 1. The summed E-state index contributed by atoms with van der Waals surface area (Å²) in [5, 5.41) is 13.1. The third kappa shape index (κ3) is 5.86. The Morgan fingerprint density at radius 2 is 1.89 bits per heavy atom. The molecule has 2 aromatic carbocycles. The lowest BCUT2D eigenvalue weighted by Gasteiger charge is -2.26. The number of benzene rings is 2. The third-order valence-electron chi connectivity index (χ3n) is 4.08. The maximum absolute atomic E-state index is 12.7. The topological polar surface area (TPSA) is 78.9 Å². The van der Waals surface area contributed by atoms with Crippen LogP contribution in [0, 0.1) is 0 Å². The molecule has 1 amide bonds. The van der Waals surface area contributed by atoms with Gasteiger partial charge in [0.1, 0.15) is 0 Å². The average Bonchev–Trinajstić information content (AvgIpc) is 2.69. The normalized spacial score (nSPS) is 11.6. The minimum atomic E-state index is -0.666. The number of aliphatic hydroxyl groups is 1. The number of rotatable bonds is 8. The number of carbonyl (C=O) groups excluding carboxylic acids is 2. The fourth-order valence-corrected chi connectivity index (χ4v) is 3.15. The molecule has 0 aliphatic carbocycles. The second-order valence-electron chi connectivity index (χ2n) is 6.13. The van der Waals surface area contributed by atoms with Crippen LogP contribution in [0.2, 0.25) is 10.0 Å². The maximum Gasteiger partial charge on any atom is 0.340 e. The van der Waals surface area contributed by atoms with Crippen LogP contribution in [0.5, 0.6) is 0 Å². The average molecular weight is 425 g/mol. The van der Waals surface area contributed by atoms with Gasteiger partial charge in [0.05, 0.1) is 36.0 Å².